The average molecular weight is 463 g/mol. The fraction of sp³-hybridized carbons (Fsp3) is 0.240. The molecule has 0 aliphatic carbocycles. The highest BCUT2D eigenvalue weighted by atomic mass is 32.1. The van der Waals surface area contributed by atoms with Gasteiger partial charge in [-0.2, -0.15) is 0 Å². The monoisotopic (exact) mass is 462 g/mol. The summed E-state index contributed by atoms with van der Waals surface area (Å²) in [5, 5.41) is 14.4. The van der Waals surface area contributed by atoms with E-state index >= 15 is 0 Å². The first kappa shape index (κ1) is 22.5. The van der Waals surface area contributed by atoms with E-state index in [2.05, 4.69) is 5.10 Å². The molecule has 0 fully saturated rings. The van der Waals surface area contributed by atoms with Crippen LogP contribution in [0.15, 0.2) is 70.3 Å². The minimum atomic E-state index is -0.779. The highest BCUT2D eigenvalue weighted by molar-refractivity contribution is 7.71. The second-order valence-corrected chi connectivity index (χ2v) is 8.15. The largest absolute Gasteiger partial charge is 0.494 e. The van der Waals surface area contributed by atoms with Crippen molar-refractivity contribution in [3.63, 3.8) is 0 Å². The molecule has 170 valence electrons. The number of nitrogens with zero attached hydrogens (tertiary/aromatic N) is 3. The highest BCUT2D eigenvalue weighted by Gasteiger charge is 2.31. The van der Waals surface area contributed by atoms with Crippen LogP contribution < -0.4 is 11.1 Å². The number of benzene rings is 2. The molecule has 0 saturated carbocycles. The Labute approximate surface area is 196 Å². The zero-order valence-corrected chi connectivity index (χ0v) is 19.6. The molecule has 8 heteroatoms. The van der Waals surface area contributed by atoms with E-state index in [-0.39, 0.29) is 21.8 Å². The predicted molar refractivity (Wildman–Crippen MR) is 131 cm³/mol. The fourth-order valence-electron chi connectivity index (χ4n) is 4.31. The van der Waals surface area contributed by atoms with Crippen molar-refractivity contribution in [2.24, 2.45) is 0 Å². The van der Waals surface area contributed by atoms with Crippen molar-refractivity contribution < 1.29 is 5.11 Å². The van der Waals surface area contributed by atoms with Gasteiger partial charge < -0.3 is 5.11 Å². The van der Waals surface area contributed by atoms with Crippen molar-refractivity contribution in [3.8, 4) is 11.6 Å². The fourth-order valence-corrected chi connectivity index (χ4v) is 4.74. The summed E-state index contributed by atoms with van der Waals surface area (Å²) in [5.74, 6) is -0.990. The molecular formula is C25H26N4O3S. The van der Waals surface area contributed by atoms with Crippen molar-refractivity contribution in [2.45, 2.75) is 39.8 Å². The topological polar surface area (TPSA) is 85.0 Å². The van der Waals surface area contributed by atoms with Gasteiger partial charge in [0.05, 0.1) is 22.7 Å². The van der Waals surface area contributed by atoms with Crippen LogP contribution in [0.3, 0.4) is 0 Å². The van der Waals surface area contributed by atoms with Crippen molar-refractivity contribution in [3.05, 3.63) is 109 Å². The summed E-state index contributed by atoms with van der Waals surface area (Å²) in [6.45, 7) is 6.23. The Kier molecular flexibility index (Phi) is 6.20. The Morgan fingerprint density at radius 2 is 1.45 bits per heavy atom. The lowest BCUT2D eigenvalue weighted by Gasteiger charge is -2.22. The molecule has 1 unspecified atom stereocenters. The summed E-state index contributed by atoms with van der Waals surface area (Å²) in [7, 11) is 0. The third-order valence-corrected chi connectivity index (χ3v) is 6.35. The van der Waals surface area contributed by atoms with Crippen LogP contribution in [0.1, 0.15) is 42.1 Å². The standard InChI is InChI=1S/C25H26N4O3S/c1-4-27-22(30)21(23(31)28(5-2)25(27)33)20(17-12-8-6-9-13-17)19-16(3)26-29(24(19)32)18-14-10-7-11-15-18/h6-15,20,26,30H,4-5H2,1-3H3. The van der Waals surface area contributed by atoms with Crippen molar-refractivity contribution >= 4 is 12.2 Å². The number of hydrogen-bond donors (Lipinski definition) is 2. The number of para-hydroxylation sites is 1. The maximum absolute atomic E-state index is 13.7. The van der Waals surface area contributed by atoms with Crippen molar-refractivity contribution in [2.75, 3.05) is 0 Å². The van der Waals surface area contributed by atoms with Gasteiger partial charge in [0.15, 0.2) is 4.77 Å². The van der Waals surface area contributed by atoms with Gasteiger partial charge in [0.2, 0.25) is 5.88 Å². The van der Waals surface area contributed by atoms with Crippen LogP contribution in [0.25, 0.3) is 5.69 Å². The van der Waals surface area contributed by atoms with Crippen molar-refractivity contribution in [1.29, 1.82) is 0 Å². The number of aromatic nitrogens is 4. The molecule has 0 amide bonds. The van der Waals surface area contributed by atoms with E-state index in [1.807, 2.05) is 74.5 Å². The number of aromatic hydroxyl groups is 1. The smallest absolute Gasteiger partial charge is 0.275 e. The van der Waals surface area contributed by atoms with Gasteiger partial charge in [-0.05, 0) is 50.7 Å². The molecule has 0 aliphatic heterocycles. The number of nitrogens with one attached hydrogen (secondary N) is 1. The maximum Gasteiger partial charge on any atom is 0.275 e. The molecule has 0 bridgehead atoms. The van der Waals surface area contributed by atoms with Crippen LogP contribution in [0.5, 0.6) is 5.88 Å². The van der Waals surface area contributed by atoms with E-state index in [0.717, 1.165) is 5.56 Å². The minimum absolute atomic E-state index is 0.137. The Hall–Kier alpha value is -3.65. The Morgan fingerprint density at radius 3 is 2.03 bits per heavy atom. The predicted octanol–water partition coefficient (Wildman–Crippen LogP) is 4.09. The molecule has 0 aliphatic rings. The quantitative estimate of drug-likeness (QED) is 0.423. The Bertz CT molecular complexity index is 1460. The second kappa shape index (κ2) is 9.07. The number of aromatic amines is 1. The second-order valence-electron chi connectivity index (χ2n) is 7.78. The molecular weight excluding hydrogens is 436 g/mol. The van der Waals surface area contributed by atoms with E-state index in [0.29, 0.717) is 30.0 Å². The van der Waals surface area contributed by atoms with Crippen LogP contribution in [0.4, 0.5) is 0 Å². The number of hydrogen-bond acceptors (Lipinski definition) is 4. The van der Waals surface area contributed by atoms with Gasteiger partial charge in [-0.15, -0.1) is 0 Å². The van der Waals surface area contributed by atoms with Gasteiger partial charge in [0.1, 0.15) is 0 Å². The molecule has 4 aromatic rings. The Morgan fingerprint density at radius 1 is 0.879 bits per heavy atom. The summed E-state index contributed by atoms with van der Waals surface area (Å²) in [6, 6.07) is 18.5. The summed E-state index contributed by atoms with van der Waals surface area (Å²) in [4.78, 5) is 27.3. The summed E-state index contributed by atoms with van der Waals surface area (Å²) < 4.78 is 4.71. The lowest BCUT2D eigenvalue weighted by molar-refractivity contribution is 0.391. The molecule has 0 saturated heterocycles. The number of rotatable bonds is 6. The molecule has 2 heterocycles. The molecule has 0 spiro atoms. The molecule has 0 radical (unpaired) electrons. The molecule has 4 rings (SSSR count). The summed E-state index contributed by atoms with van der Waals surface area (Å²) in [6.07, 6.45) is 0. The van der Waals surface area contributed by atoms with Crippen LogP contribution in [0, 0.1) is 11.7 Å². The van der Waals surface area contributed by atoms with Crippen LogP contribution >= 0.6 is 12.2 Å². The van der Waals surface area contributed by atoms with Gasteiger partial charge >= 0.3 is 0 Å². The maximum atomic E-state index is 13.7. The van der Waals surface area contributed by atoms with Gasteiger partial charge in [-0.3, -0.25) is 23.8 Å². The Balaban J connectivity index is 2.10. The molecule has 1 atom stereocenters. The lowest BCUT2D eigenvalue weighted by Crippen LogP contribution is -2.32. The summed E-state index contributed by atoms with van der Waals surface area (Å²) >= 11 is 5.46. The van der Waals surface area contributed by atoms with E-state index in [9.17, 15) is 14.7 Å². The molecule has 33 heavy (non-hydrogen) atoms. The number of H-pyrrole nitrogens is 1. The zero-order chi connectivity index (χ0) is 23.7. The van der Waals surface area contributed by atoms with Crippen LogP contribution in [-0.2, 0) is 13.1 Å². The third-order valence-electron chi connectivity index (χ3n) is 5.91. The zero-order valence-electron chi connectivity index (χ0n) is 18.8. The molecule has 2 N–H and O–H groups in total. The van der Waals surface area contributed by atoms with Crippen LogP contribution in [0.2, 0.25) is 0 Å². The van der Waals surface area contributed by atoms with E-state index in [1.54, 1.807) is 6.92 Å². The highest BCUT2D eigenvalue weighted by Crippen LogP contribution is 2.34. The molecule has 2 aromatic heterocycles. The first-order valence-corrected chi connectivity index (χ1v) is 11.3. The van der Waals surface area contributed by atoms with Crippen molar-refractivity contribution in [1.82, 2.24) is 18.9 Å². The average Bonchev–Trinajstić information content (AvgIpc) is 3.12. The lowest BCUT2D eigenvalue weighted by atomic mass is 9.86. The van der Waals surface area contributed by atoms with Gasteiger partial charge in [-0.1, -0.05) is 48.5 Å². The number of aryl methyl sites for hydroxylation is 1. The van der Waals surface area contributed by atoms with Gasteiger partial charge in [0.25, 0.3) is 11.1 Å². The van der Waals surface area contributed by atoms with E-state index in [4.69, 9.17) is 12.2 Å². The van der Waals surface area contributed by atoms with Gasteiger partial charge in [-0.25, -0.2) is 4.68 Å². The molecule has 2 aromatic carbocycles. The minimum Gasteiger partial charge on any atom is -0.494 e. The first-order valence-electron chi connectivity index (χ1n) is 10.9. The molecule has 7 nitrogen and oxygen atoms in total. The van der Waals surface area contributed by atoms with Crippen LogP contribution in [-0.4, -0.2) is 24.0 Å². The third kappa shape index (κ3) is 3.76. The normalized spacial score (nSPS) is 12.1. The van der Waals surface area contributed by atoms with E-state index in [1.165, 1.54) is 13.8 Å². The summed E-state index contributed by atoms with van der Waals surface area (Å²) in [5.41, 5.74) is 1.89. The van der Waals surface area contributed by atoms with Gasteiger partial charge in [0, 0.05) is 18.8 Å². The van der Waals surface area contributed by atoms with E-state index < -0.39 is 11.5 Å². The first-order chi connectivity index (χ1) is 15.9. The SMILES string of the molecule is CCn1c(O)c(C(c2ccccc2)c2c(C)[nH]n(-c3ccccc3)c2=O)c(=O)n(CC)c1=S.